The van der Waals surface area contributed by atoms with Crippen molar-refractivity contribution in [2.45, 2.75) is 94.5 Å². The summed E-state index contributed by atoms with van der Waals surface area (Å²) in [5.74, 6) is 2.32. The van der Waals surface area contributed by atoms with Crippen molar-refractivity contribution in [2.24, 2.45) is 17.8 Å². The van der Waals surface area contributed by atoms with Crippen LogP contribution in [0.15, 0.2) is 48.5 Å². The first-order valence-electron chi connectivity index (χ1n) is 16.0. The number of aliphatic hydroxyl groups is 2. The fourth-order valence-corrected chi connectivity index (χ4v) is 9.07. The van der Waals surface area contributed by atoms with E-state index in [1.807, 2.05) is 48.5 Å². The van der Waals surface area contributed by atoms with Crippen molar-refractivity contribution in [1.29, 1.82) is 0 Å². The topological polar surface area (TPSA) is 103 Å². The summed E-state index contributed by atoms with van der Waals surface area (Å²) in [7, 11) is 0. The second kappa shape index (κ2) is 11.9. The van der Waals surface area contributed by atoms with Crippen molar-refractivity contribution < 1.29 is 24.5 Å². The van der Waals surface area contributed by atoms with Crippen LogP contribution in [-0.4, -0.2) is 58.5 Å². The number of rotatable bonds is 8. The molecule has 4 N–H and O–H groups in total. The third kappa shape index (κ3) is 5.97. The van der Waals surface area contributed by atoms with Crippen molar-refractivity contribution in [3.8, 4) is 0 Å². The van der Waals surface area contributed by atoms with E-state index in [-0.39, 0.29) is 43.0 Å². The predicted molar refractivity (Wildman–Crippen MR) is 160 cm³/mol. The molecule has 0 aromatic heterocycles. The lowest BCUT2D eigenvalue weighted by Gasteiger charge is -2.56. The number of benzene rings is 2. The molecule has 2 heterocycles. The van der Waals surface area contributed by atoms with Gasteiger partial charge in [-0.05, 0) is 98.9 Å². The van der Waals surface area contributed by atoms with E-state index in [1.54, 1.807) is 0 Å². The average molecular weight is 576 g/mol. The van der Waals surface area contributed by atoms with Crippen LogP contribution in [0.5, 0.6) is 0 Å². The van der Waals surface area contributed by atoms with Crippen LogP contribution in [0.4, 0.5) is 10.5 Å². The molecule has 8 rings (SSSR count). The van der Waals surface area contributed by atoms with E-state index in [9.17, 15) is 15.0 Å². The highest BCUT2D eigenvalue weighted by molar-refractivity contribution is 5.89. The van der Waals surface area contributed by atoms with E-state index in [2.05, 4.69) is 15.5 Å². The van der Waals surface area contributed by atoms with Gasteiger partial charge in [-0.2, -0.15) is 0 Å². The maximum absolute atomic E-state index is 13.3. The number of anilines is 1. The van der Waals surface area contributed by atoms with Crippen LogP contribution in [0.2, 0.25) is 0 Å². The molecule has 6 fully saturated rings. The molecule has 226 valence electrons. The fourth-order valence-electron chi connectivity index (χ4n) is 9.07. The predicted octanol–water partition coefficient (Wildman–Crippen LogP) is 5.27. The summed E-state index contributed by atoms with van der Waals surface area (Å²) in [6.07, 6.45) is 9.35. The minimum atomic E-state index is -0.589. The molecule has 2 aromatic rings. The molecular weight excluding hydrogens is 530 g/mol. The molecule has 2 aliphatic heterocycles. The molecule has 8 nitrogen and oxygen atoms in total. The van der Waals surface area contributed by atoms with Crippen molar-refractivity contribution >= 4 is 11.7 Å². The maximum Gasteiger partial charge on any atom is 0.319 e. The van der Waals surface area contributed by atoms with Gasteiger partial charge in [-0.25, -0.2) is 4.79 Å². The normalized spacial score (nSPS) is 35.8. The molecule has 4 unspecified atom stereocenters. The highest BCUT2D eigenvalue weighted by atomic mass is 16.7. The smallest absolute Gasteiger partial charge is 0.319 e. The standard InChI is InChI=1S/C34H45N3O5/c38-20-22-6-8-26(9-7-22)31-15-30(19-37-10-2-5-29(37)21-39)41-32(42-31)27-3-1-4-28(14-27)35-33(40)36-34-16-23-11-24(17-34)13-25(12-23)18-34/h1,3-4,6-9,14,23-25,29-32,38-39H,2,5,10-13,15-21H2,(H2,35,36,40). The Hall–Kier alpha value is -2.49. The number of aliphatic hydroxyl groups excluding tert-OH is 2. The first kappa shape index (κ1) is 28.3. The zero-order chi connectivity index (χ0) is 28.7. The molecule has 2 amide bonds. The first-order valence-corrected chi connectivity index (χ1v) is 16.0. The second-order valence-electron chi connectivity index (χ2n) is 13.7. The number of hydrogen-bond acceptors (Lipinski definition) is 6. The lowest BCUT2D eigenvalue weighted by Crippen LogP contribution is -2.60. The SMILES string of the molecule is O=C(Nc1cccc(C2OC(CN3CCCC3CO)CC(c3ccc(CO)cc3)O2)c1)NC12CC3CC(CC(C3)C1)C2. The minimum Gasteiger partial charge on any atom is -0.395 e. The number of hydrogen-bond donors (Lipinski definition) is 4. The summed E-state index contributed by atoms with van der Waals surface area (Å²) in [5.41, 5.74) is 3.47. The van der Waals surface area contributed by atoms with Gasteiger partial charge in [0.25, 0.3) is 0 Å². The fraction of sp³-hybridized carbons (Fsp3) is 0.618. The van der Waals surface area contributed by atoms with Crippen LogP contribution in [0.1, 0.15) is 86.9 Å². The average Bonchev–Trinajstić information content (AvgIpc) is 3.43. The molecule has 2 aromatic carbocycles. The van der Waals surface area contributed by atoms with Crippen molar-refractivity contribution in [1.82, 2.24) is 10.2 Å². The van der Waals surface area contributed by atoms with Gasteiger partial charge in [-0.1, -0.05) is 36.4 Å². The van der Waals surface area contributed by atoms with Crippen LogP contribution in [0.3, 0.4) is 0 Å². The number of carbonyl (C=O) groups excluding carboxylic acids is 1. The Morgan fingerprint density at radius 2 is 1.67 bits per heavy atom. The molecule has 4 bridgehead atoms. The van der Waals surface area contributed by atoms with Gasteiger partial charge in [0, 0.05) is 35.8 Å². The van der Waals surface area contributed by atoms with E-state index in [4.69, 9.17) is 9.47 Å². The lowest BCUT2D eigenvalue weighted by molar-refractivity contribution is -0.253. The number of urea groups is 1. The Balaban J connectivity index is 1.06. The first-order chi connectivity index (χ1) is 20.5. The van der Waals surface area contributed by atoms with Crippen molar-refractivity contribution in [2.75, 3.05) is 25.0 Å². The number of amides is 2. The summed E-state index contributed by atoms with van der Waals surface area (Å²) >= 11 is 0. The summed E-state index contributed by atoms with van der Waals surface area (Å²) in [5, 5.41) is 25.9. The Morgan fingerprint density at radius 3 is 2.36 bits per heavy atom. The molecule has 4 aliphatic carbocycles. The number of carbonyl (C=O) groups is 1. The van der Waals surface area contributed by atoms with Gasteiger partial charge >= 0.3 is 6.03 Å². The van der Waals surface area contributed by atoms with Gasteiger partial charge in [0.1, 0.15) is 0 Å². The summed E-state index contributed by atoms with van der Waals surface area (Å²) in [6, 6.07) is 15.8. The zero-order valence-electron chi connectivity index (χ0n) is 24.4. The van der Waals surface area contributed by atoms with E-state index < -0.39 is 6.29 Å². The summed E-state index contributed by atoms with van der Waals surface area (Å²) in [4.78, 5) is 15.6. The van der Waals surface area contributed by atoms with Gasteiger partial charge in [0.2, 0.25) is 0 Å². The quantitative estimate of drug-likeness (QED) is 0.342. The molecule has 8 heteroatoms. The Kier molecular flexibility index (Phi) is 8.01. The highest BCUT2D eigenvalue weighted by Crippen LogP contribution is 2.55. The Morgan fingerprint density at radius 1 is 0.929 bits per heavy atom. The molecule has 0 radical (unpaired) electrons. The molecular formula is C34H45N3O5. The van der Waals surface area contributed by atoms with Crippen LogP contribution in [-0.2, 0) is 16.1 Å². The molecule has 4 saturated carbocycles. The number of likely N-dealkylation sites (tertiary alicyclic amines) is 1. The largest absolute Gasteiger partial charge is 0.395 e. The third-order valence-corrected chi connectivity index (χ3v) is 10.6. The van der Waals surface area contributed by atoms with Gasteiger partial charge in [-0.3, -0.25) is 4.90 Å². The van der Waals surface area contributed by atoms with Gasteiger partial charge in [0.15, 0.2) is 6.29 Å². The van der Waals surface area contributed by atoms with Crippen LogP contribution < -0.4 is 10.6 Å². The Labute approximate surface area is 248 Å². The van der Waals surface area contributed by atoms with Gasteiger partial charge < -0.3 is 30.3 Å². The highest BCUT2D eigenvalue weighted by Gasteiger charge is 2.51. The lowest BCUT2D eigenvalue weighted by atomic mass is 9.53. The van der Waals surface area contributed by atoms with Crippen molar-refractivity contribution in [3.63, 3.8) is 0 Å². The van der Waals surface area contributed by atoms with E-state index in [0.29, 0.717) is 6.42 Å². The number of nitrogens with one attached hydrogen (secondary N) is 2. The minimum absolute atomic E-state index is 0.00784. The molecule has 42 heavy (non-hydrogen) atoms. The number of ether oxygens (including phenoxy) is 2. The summed E-state index contributed by atoms with van der Waals surface area (Å²) < 4.78 is 13.1. The molecule has 2 saturated heterocycles. The number of nitrogens with zero attached hydrogens (tertiary/aromatic N) is 1. The van der Waals surface area contributed by atoms with Gasteiger partial charge in [-0.15, -0.1) is 0 Å². The van der Waals surface area contributed by atoms with Crippen molar-refractivity contribution in [3.05, 3.63) is 65.2 Å². The molecule has 0 spiro atoms. The van der Waals surface area contributed by atoms with Gasteiger partial charge in [0.05, 0.1) is 25.4 Å². The molecule has 6 aliphatic rings. The second-order valence-corrected chi connectivity index (χ2v) is 13.7. The van der Waals surface area contributed by atoms with E-state index >= 15 is 0 Å². The zero-order valence-corrected chi connectivity index (χ0v) is 24.4. The monoisotopic (exact) mass is 575 g/mol. The Bertz CT molecular complexity index is 1220. The maximum atomic E-state index is 13.3. The summed E-state index contributed by atoms with van der Waals surface area (Å²) in [6.45, 7) is 1.87. The van der Waals surface area contributed by atoms with E-state index in [1.165, 1.54) is 19.3 Å². The van der Waals surface area contributed by atoms with E-state index in [0.717, 1.165) is 85.3 Å². The third-order valence-electron chi connectivity index (χ3n) is 10.6. The van der Waals surface area contributed by atoms with Crippen LogP contribution in [0, 0.1) is 17.8 Å². The van der Waals surface area contributed by atoms with Crippen LogP contribution in [0.25, 0.3) is 0 Å². The van der Waals surface area contributed by atoms with Crippen LogP contribution >= 0.6 is 0 Å². The molecule has 4 atom stereocenters.